The van der Waals surface area contributed by atoms with Gasteiger partial charge in [0.1, 0.15) is 5.75 Å². The molecule has 5 heteroatoms. The SMILES string of the molecule is CCC(Nc1cc(C)nc(Oc2c(C)cc(C)cc2C)c1CO)C(C)O. The summed E-state index contributed by atoms with van der Waals surface area (Å²) in [6.07, 6.45) is 0.252. The molecule has 0 bridgehead atoms. The Morgan fingerprint density at radius 2 is 1.73 bits per heavy atom. The lowest BCUT2D eigenvalue weighted by Gasteiger charge is -2.24. The van der Waals surface area contributed by atoms with Crippen molar-refractivity contribution in [1.82, 2.24) is 4.98 Å². The van der Waals surface area contributed by atoms with Crippen LogP contribution < -0.4 is 10.1 Å². The first-order valence-electron chi connectivity index (χ1n) is 9.08. The Morgan fingerprint density at radius 3 is 2.23 bits per heavy atom. The number of anilines is 1. The molecule has 0 radical (unpaired) electrons. The van der Waals surface area contributed by atoms with Crippen molar-refractivity contribution in [2.75, 3.05) is 5.32 Å². The second kappa shape index (κ2) is 8.52. The summed E-state index contributed by atoms with van der Waals surface area (Å²) in [5, 5.41) is 23.2. The van der Waals surface area contributed by atoms with Gasteiger partial charge in [-0.25, -0.2) is 4.98 Å². The van der Waals surface area contributed by atoms with Gasteiger partial charge in [-0.3, -0.25) is 0 Å². The second-order valence-corrected chi connectivity index (χ2v) is 6.98. The first-order chi connectivity index (χ1) is 12.3. The molecule has 2 atom stereocenters. The van der Waals surface area contributed by atoms with E-state index in [-0.39, 0.29) is 12.6 Å². The van der Waals surface area contributed by atoms with Crippen molar-refractivity contribution in [3.8, 4) is 11.6 Å². The number of aryl methyl sites for hydroxylation is 4. The zero-order valence-electron chi connectivity index (χ0n) is 16.6. The predicted molar refractivity (Wildman–Crippen MR) is 105 cm³/mol. The fourth-order valence-electron chi connectivity index (χ4n) is 3.23. The number of rotatable bonds is 7. The molecule has 0 spiro atoms. The standard InChI is InChI=1S/C21H30N2O3/c1-7-18(16(6)25)23-19-10-15(5)22-21(17(19)11-24)26-20-13(3)8-12(2)9-14(20)4/h8-10,16,18,24-25H,7,11H2,1-6H3,(H,22,23). The van der Waals surface area contributed by atoms with Crippen LogP contribution >= 0.6 is 0 Å². The van der Waals surface area contributed by atoms with Crippen LogP contribution in [0.2, 0.25) is 0 Å². The minimum atomic E-state index is -0.508. The van der Waals surface area contributed by atoms with E-state index in [0.29, 0.717) is 11.4 Å². The van der Waals surface area contributed by atoms with Gasteiger partial charge in [0.2, 0.25) is 5.88 Å². The first kappa shape index (κ1) is 20.2. The molecule has 2 unspecified atom stereocenters. The van der Waals surface area contributed by atoms with Crippen LogP contribution in [0.1, 0.15) is 48.2 Å². The van der Waals surface area contributed by atoms with E-state index in [1.807, 2.05) is 33.8 Å². The highest BCUT2D eigenvalue weighted by Gasteiger charge is 2.19. The summed E-state index contributed by atoms with van der Waals surface area (Å²) in [7, 11) is 0. The summed E-state index contributed by atoms with van der Waals surface area (Å²) < 4.78 is 6.14. The molecular formula is C21H30N2O3. The Morgan fingerprint density at radius 1 is 1.12 bits per heavy atom. The molecule has 1 aromatic heterocycles. The maximum atomic E-state index is 9.95. The summed E-state index contributed by atoms with van der Waals surface area (Å²) in [4.78, 5) is 4.50. The number of pyridine rings is 1. The maximum absolute atomic E-state index is 9.95. The molecule has 0 aliphatic rings. The van der Waals surface area contributed by atoms with Gasteiger partial charge in [0, 0.05) is 11.4 Å². The van der Waals surface area contributed by atoms with Crippen molar-refractivity contribution in [2.45, 2.75) is 66.7 Å². The fraction of sp³-hybridized carbons (Fsp3) is 0.476. The third kappa shape index (κ3) is 4.54. The maximum Gasteiger partial charge on any atom is 0.227 e. The number of hydrogen-bond acceptors (Lipinski definition) is 5. The van der Waals surface area contributed by atoms with Crippen molar-refractivity contribution in [3.05, 3.63) is 46.1 Å². The van der Waals surface area contributed by atoms with Crippen LogP contribution in [0.4, 0.5) is 5.69 Å². The third-order valence-electron chi connectivity index (χ3n) is 4.54. The molecule has 5 nitrogen and oxygen atoms in total. The number of nitrogens with one attached hydrogen (secondary N) is 1. The van der Waals surface area contributed by atoms with E-state index in [0.717, 1.165) is 34.7 Å². The highest BCUT2D eigenvalue weighted by Crippen LogP contribution is 2.34. The molecule has 1 aromatic carbocycles. The van der Waals surface area contributed by atoms with E-state index in [4.69, 9.17) is 4.74 Å². The topological polar surface area (TPSA) is 74.6 Å². The van der Waals surface area contributed by atoms with Crippen molar-refractivity contribution in [3.63, 3.8) is 0 Å². The van der Waals surface area contributed by atoms with Gasteiger partial charge in [-0.1, -0.05) is 24.6 Å². The van der Waals surface area contributed by atoms with Gasteiger partial charge < -0.3 is 20.3 Å². The van der Waals surface area contributed by atoms with Crippen molar-refractivity contribution >= 4 is 5.69 Å². The van der Waals surface area contributed by atoms with Gasteiger partial charge in [0.05, 0.1) is 24.3 Å². The molecule has 0 amide bonds. The van der Waals surface area contributed by atoms with Crippen LogP contribution in [0.25, 0.3) is 0 Å². The average Bonchev–Trinajstić information content (AvgIpc) is 2.55. The van der Waals surface area contributed by atoms with E-state index < -0.39 is 6.10 Å². The third-order valence-corrected chi connectivity index (χ3v) is 4.54. The van der Waals surface area contributed by atoms with Gasteiger partial charge in [0.15, 0.2) is 0 Å². The van der Waals surface area contributed by atoms with Crippen LogP contribution in [-0.2, 0) is 6.61 Å². The van der Waals surface area contributed by atoms with Crippen LogP contribution in [0.3, 0.4) is 0 Å². The van der Waals surface area contributed by atoms with E-state index >= 15 is 0 Å². The second-order valence-electron chi connectivity index (χ2n) is 6.98. The van der Waals surface area contributed by atoms with Gasteiger partial charge in [-0.05, 0) is 58.2 Å². The quantitative estimate of drug-likeness (QED) is 0.693. The number of benzene rings is 1. The molecule has 1 heterocycles. The van der Waals surface area contributed by atoms with Crippen molar-refractivity contribution < 1.29 is 14.9 Å². The zero-order valence-corrected chi connectivity index (χ0v) is 16.6. The number of hydrogen-bond donors (Lipinski definition) is 3. The Balaban J connectivity index is 2.46. The largest absolute Gasteiger partial charge is 0.438 e. The molecule has 26 heavy (non-hydrogen) atoms. The van der Waals surface area contributed by atoms with Crippen LogP contribution in [0.5, 0.6) is 11.6 Å². The average molecular weight is 358 g/mol. The summed E-state index contributed by atoms with van der Waals surface area (Å²) in [5.74, 6) is 1.16. The number of ether oxygens (including phenoxy) is 1. The van der Waals surface area contributed by atoms with E-state index in [2.05, 4.69) is 29.4 Å². The van der Waals surface area contributed by atoms with Gasteiger partial charge in [0.25, 0.3) is 0 Å². The Hall–Kier alpha value is -2.11. The van der Waals surface area contributed by atoms with E-state index in [9.17, 15) is 10.2 Å². The Labute approximate surface area is 156 Å². The summed E-state index contributed by atoms with van der Waals surface area (Å²) >= 11 is 0. The fourth-order valence-corrected chi connectivity index (χ4v) is 3.23. The zero-order chi connectivity index (χ0) is 19.4. The highest BCUT2D eigenvalue weighted by atomic mass is 16.5. The minimum Gasteiger partial charge on any atom is -0.438 e. The normalized spacial score (nSPS) is 13.4. The lowest BCUT2D eigenvalue weighted by atomic mass is 10.1. The number of aromatic nitrogens is 1. The van der Waals surface area contributed by atoms with Crippen molar-refractivity contribution in [2.24, 2.45) is 0 Å². The van der Waals surface area contributed by atoms with Gasteiger partial charge in [-0.15, -0.1) is 0 Å². The number of nitrogens with zero attached hydrogens (tertiary/aromatic N) is 1. The van der Waals surface area contributed by atoms with Gasteiger partial charge in [-0.2, -0.15) is 0 Å². The molecule has 0 aliphatic heterocycles. The van der Waals surface area contributed by atoms with Crippen LogP contribution in [-0.4, -0.2) is 27.3 Å². The Bertz CT molecular complexity index is 749. The molecule has 2 aromatic rings. The molecule has 142 valence electrons. The van der Waals surface area contributed by atoms with Crippen LogP contribution in [0, 0.1) is 27.7 Å². The first-order valence-corrected chi connectivity index (χ1v) is 9.08. The summed E-state index contributed by atoms with van der Waals surface area (Å²) in [5.41, 5.74) is 5.35. The number of aliphatic hydroxyl groups excluding tert-OH is 2. The summed E-state index contributed by atoms with van der Waals surface area (Å²) in [6.45, 7) is 11.5. The van der Waals surface area contributed by atoms with E-state index in [1.165, 1.54) is 5.56 Å². The molecule has 0 fully saturated rings. The highest BCUT2D eigenvalue weighted by molar-refractivity contribution is 5.58. The Kier molecular flexibility index (Phi) is 6.62. The lowest BCUT2D eigenvalue weighted by molar-refractivity contribution is 0.169. The minimum absolute atomic E-state index is 0.113. The monoisotopic (exact) mass is 358 g/mol. The molecule has 0 saturated heterocycles. The molecule has 0 aliphatic carbocycles. The van der Waals surface area contributed by atoms with Crippen LogP contribution in [0.15, 0.2) is 18.2 Å². The lowest BCUT2D eigenvalue weighted by Crippen LogP contribution is -2.31. The van der Waals surface area contributed by atoms with Crippen molar-refractivity contribution in [1.29, 1.82) is 0 Å². The predicted octanol–water partition coefficient (Wildman–Crippen LogP) is 4.17. The number of aliphatic hydroxyl groups is 2. The summed E-state index contributed by atoms with van der Waals surface area (Å²) in [6, 6.07) is 5.89. The van der Waals surface area contributed by atoms with Gasteiger partial charge >= 0.3 is 0 Å². The smallest absolute Gasteiger partial charge is 0.227 e. The molecular weight excluding hydrogens is 328 g/mol. The molecule has 0 saturated carbocycles. The van der Waals surface area contributed by atoms with E-state index in [1.54, 1.807) is 6.92 Å². The molecule has 2 rings (SSSR count). The molecule has 3 N–H and O–H groups in total.